The van der Waals surface area contributed by atoms with E-state index in [-0.39, 0.29) is 15.7 Å². The molecule has 19 heavy (non-hydrogen) atoms. The van der Waals surface area contributed by atoms with Gasteiger partial charge in [-0.15, -0.1) is 0 Å². The molecule has 0 fully saturated rings. The lowest BCUT2D eigenvalue weighted by Crippen LogP contribution is -2.30. The molecule has 0 spiro atoms. The van der Waals surface area contributed by atoms with Crippen molar-refractivity contribution in [3.63, 3.8) is 0 Å². The molecule has 0 aromatic carbocycles. The molecule has 0 unspecified atom stereocenters. The molecule has 0 saturated heterocycles. The summed E-state index contributed by atoms with van der Waals surface area (Å²) in [4.78, 5) is 15.2. The predicted octanol–water partition coefficient (Wildman–Crippen LogP) is 1.76. The van der Waals surface area contributed by atoms with Crippen LogP contribution >= 0.6 is 11.6 Å². The van der Waals surface area contributed by atoms with Crippen molar-refractivity contribution in [2.45, 2.75) is 11.8 Å². The molecule has 2 aromatic rings. The van der Waals surface area contributed by atoms with E-state index in [2.05, 4.69) is 4.98 Å². The maximum absolute atomic E-state index is 11.9. The van der Waals surface area contributed by atoms with Gasteiger partial charge in [-0.25, -0.2) is 13.1 Å². The lowest BCUT2D eigenvalue weighted by atomic mass is 10.3. The van der Waals surface area contributed by atoms with Crippen LogP contribution in [0.3, 0.4) is 0 Å². The lowest BCUT2D eigenvalue weighted by Gasteiger charge is -2.05. The summed E-state index contributed by atoms with van der Waals surface area (Å²) < 4.78 is 30.7. The van der Waals surface area contributed by atoms with E-state index in [0.29, 0.717) is 5.56 Å². The van der Waals surface area contributed by atoms with Gasteiger partial charge in [0.05, 0.1) is 11.3 Å². The Morgan fingerprint density at radius 3 is 2.74 bits per heavy atom. The third-order valence-corrected chi connectivity index (χ3v) is 3.79. The van der Waals surface area contributed by atoms with Crippen molar-refractivity contribution in [3.05, 3.63) is 47.1 Å². The normalized spacial score (nSPS) is 11.3. The number of furan rings is 1. The SMILES string of the molecule is Cc1ccoc1C(=O)NS(=O)(=O)c1cncc(Cl)c1. The smallest absolute Gasteiger partial charge is 0.300 e. The van der Waals surface area contributed by atoms with E-state index < -0.39 is 15.9 Å². The molecule has 0 aliphatic rings. The molecule has 0 saturated carbocycles. The molecule has 2 rings (SSSR count). The number of carbonyl (C=O) groups is 1. The van der Waals surface area contributed by atoms with Gasteiger partial charge in [0.1, 0.15) is 4.90 Å². The van der Waals surface area contributed by atoms with Gasteiger partial charge in [-0.2, -0.15) is 0 Å². The highest BCUT2D eigenvalue weighted by Gasteiger charge is 2.22. The minimum Gasteiger partial charge on any atom is -0.459 e. The fourth-order valence-electron chi connectivity index (χ4n) is 1.37. The number of nitrogens with zero attached hydrogens (tertiary/aromatic N) is 1. The third kappa shape index (κ3) is 2.94. The summed E-state index contributed by atoms with van der Waals surface area (Å²) >= 11 is 5.65. The number of nitrogens with one attached hydrogen (secondary N) is 1. The van der Waals surface area contributed by atoms with Gasteiger partial charge in [-0.1, -0.05) is 11.6 Å². The van der Waals surface area contributed by atoms with Crippen LogP contribution in [0.15, 0.2) is 40.1 Å². The summed E-state index contributed by atoms with van der Waals surface area (Å²) in [6, 6.07) is 2.75. The number of carbonyl (C=O) groups excluding carboxylic acids is 1. The first-order valence-corrected chi connectivity index (χ1v) is 6.98. The number of aromatic nitrogens is 1. The molecule has 0 radical (unpaired) electrons. The molecule has 0 aliphatic heterocycles. The zero-order valence-electron chi connectivity index (χ0n) is 9.75. The maximum Gasteiger partial charge on any atom is 0.300 e. The van der Waals surface area contributed by atoms with Crippen LogP contribution in [0.5, 0.6) is 0 Å². The van der Waals surface area contributed by atoms with Gasteiger partial charge in [-0.3, -0.25) is 9.78 Å². The van der Waals surface area contributed by atoms with E-state index in [1.807, 2.05) is 4.72 Å². The summed E-state index contributed by atoms with van der Waals surface area (Å²) in [6.45, 7) is 1.63. The Bertz CT molecular complexity index is 724. The highest BCUT2D eigenvalue weighted by Crippen LogP contribution is 2.15. The molecule has 1 amide bonds. The number of hydrogen-bond donors (Lipinski definition) is 1. The van der Waals surface area contributed by atoms with E-state index in [0.717, 1.165) is 6.20 Å². The number of pyridine rings is 1. The van der Waals surface area contributed by atoms with Crippen molar-refractivity contribution in [3.8, 4) is 0 Å². The highest BCUT2D eigenvalue weighted by atomic mass is 35.5. The summed E-state index contributed by atoms with van der Waals surface area (Å²) in [5.41, 5.74) is 0.539. The molecular formula is C11H9ClN2O4S. The van der Waals surface area contributed by atoms with E-state index >= 15 is 0 Å². The van der Waals surface area contributed by atoms with Gasteiger partial charge in [0.2, 0.25) is 0 Å². The second kappa shape index (κ2) is 5.02. The van der Waals surface area contributed by atoms with Crippen LogP contribution in [0.2, 0.25) is 5.02 Å². The molecular weight excluding hydrogens is 292 g/mol. The van der Waals surface area contributed by atoms with Gasteiger partial charge in [-0.05, 0) is 19.1 Å². The first-order valence-electron chi connectivity index (χ1n) is 5.12. The average Bonchev–Trinajstić information content (AvgIpc) is 2.75. The van der Waals surface area contributed by atoms with E-state index in [1.54, 1.807) is 13.0 Å². The fourth-order valence-corrected chi connectivity index (χ4v) is 2.55. The second-order valence-electron chi connectivity index (χ2n) is 3.71. The van der Waals surface area contributed by atoms with Gasteiger partial charge < -0.3 is 4.42 Å². The van der Waals surface area contributed by atoms with Crippen LogP contribution in [0.4, 0.5) is 0 Å². The summed E-state index contributed by atoms with van der Waals surface area (Å²) in [6.07, 6.45) is 3.69. The minimum atomic E-state index is -4.03. The van der Waals surface area contributed by atoms with Crippen molar-refractivity contribution in [2.75, 3.05) is 0 Å². The zero-order valence-corrected chi connectivity index (χ0v) is 11.3. The predicted molar refractivity (Wildman–Crippen MR) is 67.3 cm³/mol. The van der Waals surface area contributed by atoms with Crippen molar-refractivity contribution in [1.29, 1.82) is 0 Å². The van der Waals surface area contributed by atoms with E-state index in [1.165, 1.54) is 18.5 Å². The van der Waals surface area contributed by atoms with Gasteiger partial charge >= 0.3 is 5.91 Å². The van der Waals surface area contributed by atoms with Crippen LogP contribution in [0, 0.1) is 6.92 Å². The van der Waals surface area contributed by atoms with Crippen molar-refractivity contribution in [1.82, 2.24) is 9.71 Å². The Hall–Kier alpha value is -1.86. The van der Waals surface area contributed by atoms with Crippen LogP contribution in [-0.4, -0.2) is 19.3 Å². The number of hydrogen-bond acceptors (Lipinski definition) is 5. The topological polar surface area (TPSA) is 89.3 Å². The van der Waals surface area contributed by atoms with Crippen LogP contribution in [0.1, 0.15) is 16.1 Å². The Balaban J connectivity index is 2.28. The molecule has 2 aromatic heterocycles. The molecule has 6 nitrogen and oxygen atoms in total. The number of rotatable bonds is 3. The molecule has 8 heteroatoms. The monoisotopic (exact) mass is 300 g/mol. The van der Waals surface area contributed by atoms with Gasteiger partial charge in [0, 0.05) is 18.0 Å². The first kappa shape index (κ1) is 13.6. The Labute approximate surface area is 114 Å². The van der Waals surface area contributed by atoms with E-state index in [9.17, 15) is 13.2 Å². The molecule has 0 atom stereocenters. The average molecular weight is 301 g/mol. The molecule has 2 heterocycles. The third-order valence-electron chi connectivity index (χ3n) is 2.29. The largest absolute Gasteiger partial charge is 0.459 e. The quantitative estimate of drug-likeness (QED) is 0.933. The molecule has 1 N–H and O–H groups in total. The van der Waals surface area contributed by atoms with Gasteiger partial charge in [0.25, 0.3) is 10.0 Å². The minimum absolute atomic E-state index is 0.0569. The first-order chi connectivity index (χ1) is 8.90. The summed E-state index contributed by atoms with van der Waals surface area (Å²) in [7, 11) is -4.03. The van der Waals surface area contributed by atoms with Crippen molar-refractivity contribution in [2.24, 2.45) is 0 Å². The number of aryl methyl sites for hydroxylation is 1. The van der Waals surface area contributed by atoms with Crippen LogP contribution < -0.4 is 4.72 Å². The number of amides is 1. The second-order valence-corrected chi connectivity index (χ2v) is 5.83. The zero-order chi connectivity index (χ0) is 14.0. The maximum atomic E-state index is 11.9. The highest BCUT2D eigenvalue weighted by molar-refractivity contribution is 7.90. The van der Waals surface area contributed by atoms with Crippen LogP contribution in [-0.2, 0) is 10.0 Å². The van der Waals surface area contributed by atoms with Crippen molar-refractivity contribution < 1.29 is 17.6 Å². The standard InChI is InChI=1S/C11H9ClN2O4S/c1-7-2-3-18-10(7)11(15)14-19(16,17)9-4-8(12)5-13-6-9/h2-6H,1H3,(H,14,15). The Kier molecular flexibility index (Phi) is 3.59. The summed E-state index contributed by atoms with van der Waals surface area (Å²) in [5.74, 6) is -0.902. The molecule has 100 valence electrons. The fraction of sp³-hybridized carbons (Fsp3) is 0.0909. The van der Waals surface area contributed by atoms with Crippen LogP contribution in [0.25, 0.3) is 0 Å². The Morgan fingerprint density at radius 1 is 1.42 bits per heavy atom. The van der Waals surface area contributed by atoms with Crippen molar-refractivity contribution >= 4 is 27.5 Å². The lowest BCUT2D eigenvalue weighted by molar-refractivity contribution is 0.0953. The number of halogens is 1. The summed E-state index contributed by atoms with van der Waals surface area (Å²) in [5, 5.41) is 0.157. The number of sulfonamides is 1. The molecule has 0 bridgehead atoms. The molecule has 0 aliphatic carbocycles. The van der Waals surface area contributed by atoms with E-state index in [4.69, 9.17) is 16.0 Å². The Morgan fingerprint density at radius 2 is 2.16 bits per heavy atom. The van der Waals surface area contributed by atoms with Gasteiger partial charge in [0.15, 0.2) is 5.76 Å².